The minimum atomic E-state index is -4.57. The summed E-state index contributed by atoms with van der Waals surface area (Å²) in [7, 11) is 0. The highest BCUT2D eigenvalue weighted by atomic mass is 19.3. The van der Waals surface area contributed by atoms with Crippen LogP contribution in [0.15, 0.2) is 0 Å². The number of alkyl halides is 4. The second-order valence-electron chi connectivity index (χ2n) is 2.41. The lowest BCUT2D eigenvalue weighted by Crippen LogP contribution is -2.51. The van der Waals surface area contributed by atoms with E-state index >= 15 is 0 Å². The summed E-state index contributed by atoms with van der Waals surface area (Å²) >= 11 is 0. The molecule has 0 aromatic heterocycles. The molecular weight excluding hydrogens is 180 g/mol. The predicted molar refractivity (Wildman–Crippen MR) is 33.3 cm³/mol. The van der Waals surface area contributed by atoms with Crippen LogP contribution < -0.4 is 0 Å². The number of hydrogen-bond acceptors (Lipinski definition) is 2. The molecule has 2 nitrogen and oxygen atoms in total. The highest BCUT2D eigenvalue weighted by Crippen LogP contribution is 2.37. The van der Waals surface area contributed by atoms with Crippen LogP contribution in [0.1, 0.15) is 13.3 Å². The van der Waals surface area contributed by atoms with Gasteiger partial charge in [0.25, 0.3) is 0 Å². The minimum Gasteiger partial charge on any atom is -0.390 e. The molecule has 0 fully saturated rings. The zero-order valence-electron chi connectivity index (χ0n) is 6.40. The van der Waals surface area contributed by atoms with E-state index in [1.54, 1.807) is 0 Å². The third kappa shape index (κ3) is 1.87. The van der Waals surface area contributed by atoms with Crippen LogP contribution in [-0.4, -0.2) is 34.8 Å². The van der Waals surface area contributed by atoms with Crippen molar-refractivity contribution in [2.24, 2.45) is 0 Å². The largest absolute Gasteiger partial charge is 0.390 e. The Morgan fingerprint density at radius 3 is 1.92 bits per heavy atom. The molecule has 0 aliphatic carbocycles. The summed E-state index contributed by atoms with van der Waals surface area (Å²) < 4.78 is 49.3. The lowest BCUT2D eigenvalue weighted by atomic mass is 10.0. The molecule has 74 valence electrons. The highest BCUT2D eigenvalue weighted by molar-refractivity contribution is 4.89. The first-order valence-corrected chi connectivity index (χ1v) is 3.34. The maximum Gasteiger partial charge on any atom is 0.337 e. The van der Waals surface area contributed by atoms with Gasteiger partial charge in [-0.25, -0.2) is 0 Å². The molecule has 1 unspecified atom stereocenters. The molecule has 6 heteroatoms. The Hall–Kier alpha value is -0.360. The fourth-order valence-electron chi connectivity index (χ4n) is 0.606. The Morgan fingerprint density at radius 2 is 1.67 bits per heavy atom. The molecule has 1 atom stereocenters. The van der Waals surface area contributed by atoms with Gasteiger partial charge in [0.2, 0.25) is 0 Å². The van der Waals surface area contributed by atoms with Crippen molar-refractivity contribution >= 4 is 0 Å². The average molecular weight is 190 g/mol. The topological polar surface area (TPSA) is 40.5 Å². The Bertz CT molecular complexity index is 148. The SMILES string of the molecule is CCC(O)C(F)(F)C(F)(F)CO. The molecule has 0 aliphatic rings. The first-order valence-electron chi connectivity index (χ1n) is 3.34. The minimum absolute atomic E-state index is 0.497. The third-order valence-corrected chi connectivity index (χ3v) is 1.49. The quantitative estimate of drug-likeness (QED) is 0.650. The second kappa shape index (κ2) is 3.57. The lowest BCUT2D eigenvalue weighted by molar-refractivity contribution is -0.264. The van der Waals surface area contributed by atoms with Crippen LogP contribution in [0.2, 0.25) is 0 Å². The summed E-state index contributed by atoms with van der Waals surface area (Å²) in [5.74, 6) is -9.14. The van der Waals surface area contributed by atoms with Crippen LogP contribution in [0.4, 0.5) is 17.6 Å². The van der Waals surface area contributed by atoms with Crippen LogP contribution in [0, 0.1) is 0 Å². The zero-order valence-corrected chi connectivity index (χ0v) is 6.40. The second-order valence-corrected chi connectivity index (χ2v) is 2.41. The predicted octanol–water partition coefficient (Wildman–Crippen LogP) is 1.02. The van der Waals surface area contributed by atoms with Gasteiger partial charge in [0.05, 0.1) is 0 Å². The fraction of sp³-hybridized carbons (Fsp3) is 1.00. The van der Waals surface area contributed by atoms with Gasteiger partial charge in [-0.3, -0.25) is 0 Å². The molecule has 0 spiro atoms. The van der Waals surface area contributed by atoms with Crippen LogP contribution >= 0.6 is 0 Å². The average Bonchev–Trinajstić information content (AvgIpc) is 2.02. The number of rotatable bonds is 4. The highest BCUT2D eigenvalue weighted by Gasteiger charge is 2.59. The molecule has 2 N–H and O–H groups in total. The molecule has 0 heterocycles. The Morgan fingerprint density at radius 1 is 1.25 bits per heavy atom. The van der Waals surface area contributed by atoms with E-state index in [2.05, 4.69) is 0 Å². The molecule has 0 rings (SSSR count). The van der Waals surface area contributed by atoms with Crippen molar-refractivity contribution in [3.05, 3.63) is 0 Å². The van der Waals surface area contributed by atoms with E-state index in [9.17, 15) is 17.6 Å². The third-order valence-electron chi connectivity index (χ3n) is 1.49. The van der Waals surface area contributed by atoms with Gasteiger partial charge >= 0.3 is 11.8 Å². The summed E-state index contributed by atoms with van der Waals surface area (Å²) in [5.41, 5.74) is 0. The van der Waals surface area contributed by atoms with E-state index in [0.29, 0.717) is 0 Å². The number of halogens is 4. The summed E-state index contributed by atoms with van der Waals surface area (Å²) in [4.78, 5) is 0. The maximum absolute atomic E-state index is 12.4. The van der Waals surface area contributed by atoms with E-state index in [-0.39, 0.29) is 0 Å². The number of aliphatic hydroxyl groups excluding tert-OH is 2. The van der Waals surface area contributed by atoms with Crippen molar-refractivity contribution < 1.29 is 27.8 Å². The van der Waals surface area contributed by atoms with Gasteiger partial charge in [0, 0.05) is 0 Å². The van der Waals surface area contributed by atoms with Crippen molar-refractivity contribution in [3.63, 3.8) is 0 Å². The fourth-order valence-corrected chi connectivity index (χ4v) is 0.606. The molecular formula is C6H10F4O2. The number of hydrogen-bond donors (Lipinski definition) is 2. The standard InChI is InChI=1S/C6H10F4O2/c1-2-4(12)6(9,10)5(7,8)3-11/h4,11-12H,2-3H2,1H3. The van der Waals surface area contributed by atoms with E-state index in [4.69, 9.17) is 10.2 Å². The van der Waals surface area contributed by atoms with Crippen molar-refractivity contribution in [3.8, 4) is 0 Å². The maximum atomic E-state index is 12.4. The Labute approximate surface area is 66.8 Å². The van der Waals surface area contributed by atoms with Gasteiger partial charge in [0.15, 0.2) is 0 Å². The molecule has 0 amide bonds. The van der Waals surface area contributed by atoms with E-state index in [1.807, 2.05) is 0 Å². The van der Waals surface area contributed by atoms with Crippen LogP contribution in [0.3, 0.4) is 0 Å². The van der Waals surface area contributed by atoms with Crippen LogP contribution in [0.25, 0.3) is 0 Å². The molecule has 0 saturated heterocycles. The Balaban J connectivity index is 4.58. The normalized spacial score (nSPS) is 16.2. The van der Waals surface area contributed by atoms with Crippen LogP contribution in [0.5, 0.6) is 0 Å². The number of aliphatic hydroxyl groups is 2. The molecule has 0 saturated carbocycles. The first-order chi connectivity index (χ1) is 5.29. The van der Waals surface area contributed by atoms with E-state index < -0.39 is 31.0 Å². The van der Waals surface area contributed by atoms with Gasteiger partial charge in [-0.15, -0.1) is 0 Å². The zero-order chi connectivity index (χ0) is 9.99. The summed E-state index contributed by atoms with van der Waals surface area (Å²) in [6, 6.07) is 0. The smallest absolute Gasteiger partial charge is 0.337 e. The van der Waals surface area contributed by atoms with E-state index in [1.165, 1.54) is 0 Å². The van der Waals surface area contributed by atoms with Crippen molar-refractivity contribution in [2.45, 2.75) is 31.3 Å². The van der Waals surface area contributed by atoms with Gasteiger partial charge in [-0.2, -0.15) is 17.6 Å². The molecule has 0 bridgehead atoms. The monoisotopic (exact) mass is 190 g/mol. The first kappa shape index (κ1) is 11.6. The van der Waals surface area contributed by atoms with Crippen molar-refractivity contribution in [1.29, 1.82) is 0 Å². The Kier molecular flexibility index (Phi) is 3.46. The molecule has 0 aromatic carbocycles. The van der Waals surface area contributed by atoms with Crippen molar-refractivity contribution in [1.82, 2.24) is 0 Å². The molecule has 0 radical (unpaired) electrons. The lowest BCUT2D eigenvalue weighted by Gasteiger charge is -2.28. The molecule has 12 heavy (non-hydrogen) atoms. The molecule has 0 aromatic rings. The van der Waals surface area contributed by atoms with Gasteiger partial charge in [-0.05, 0) is 6.42 Å². The van der Waals surface area contributed by atoms with Crippen molar-refractivity contribution in [2.75, 3.05) is 6.61 Å². The van der Waals surface area contributed by atoms with Gasteiger partial charge < -0.3 is 10.2 Å². The van der Waals surface area contributed by atoms with E-state index in [0.717, 1.165) is 6.92 Å². The van der Waals surface area contributed by atoms with Gasteiger partial charge in [-0.1, -0.05) is 6.92 Å². The molecule has 0 aliphatic heterocycles. The summed E-state index contributed by atoms with van der Waals surface area (Å²) in [5, 5.41) is 16.4. The summed E-state index contributed by atoms with van der Waals surface area (Å²) in [6.07, 6.45) is -2.93. The van der Waals surface area contributed by atoms with Gasteiger partial charge in [0.1, 0.15) is 12.7 Å². The van der Waals surface area contributed by atoms with Crippen LogP contribution in [-0.2, 0) is 0 Å². The summed E-state index contributed by atoms with van der Waals surface area (Å²) in [6.45, 7) is -0.830.